The Morgan fingerprint density at radius 2 is 2.06 bits per heavy atom. The molecule has 1 N–H and O–H groups in total. The summed E-state index contributed by atoms with van der Waals surface area (Å²) in [7, 11) is 0. The number of nitrogens with zero attached hydrogens (tertiary/aromatic N) is 2. The van der Waals surface area contributed by atoms with Crippen LogP contribution in [0.2, 0.25) is 0 Å². The molecule has 5 heteroatoms. The minimum Gasteiger partial charge on any atom is -0.382 e. The van der Waals surface area contributed by atoms with Crippen molar-refractivity contribution < 1.29 is 5.11 Å². The average molecular weight is 254 g/mol. The van der Waals surface area contributed by atoms with E-state index in [1.54, 1.807) is 11.3 Å². The highest BCUT2D eigenvalue weighted by molar-refractivity contribution is 7.10. The van der Waals surface area contributed by atoms with Crippen molar-refractivity contribution in [2.24, 2.45) is 0 Å². The third-order valence-corrected chi connectivity index (χ3v) is 4.35. The monoisotopic (exact) mass is 254 g/mol. The van der Waals surface area contributed by atoms with Gasteiger partial charge in [-0.2, -0.15) is 0 Å². The second kappa shape index (κ2) is 4.61. The molecule has 0 aromatic carbocycles. The number of aliphatic hydroxyl groups is 1. The minimum atomic E-state index is -0.572. The van der Waals surface area contributed by atoms with Crippen LogP contribution in [-0.2, 0) is 0 Å². The molecule has 3 nitrogen and oxygen atoms in total. The third kappa shape index (κ3) is 2.03. The van der Waals surface area contributed by atoms with Gasteiger partial charge in [0.15, 0.2) is 0 Å². The van der Waals surface area contributed by atoms with Crippen LogP contribution in [0.25, 0.3) is 0 Å². The zero-order chi connectivity index (χ0) is 11.7. The summed E-state index contributed by atoms with van der Waals surface area (Å²) in [5.41, 5.74) is 2.03. The zero-order valence-corrected chi connectivity index (χ0v) is 11.1. The van der Waals surface area contributed by atoms with Gasteiger partial charge in [-0.3, -0.25) is 0 Å². The van der Waals surface area contributed by atoms with Gasteiger partial charge in [0.05, 0.1) is 10.6 Å². The van der Waals surface area contributed by atoms with Crippen LogP contribution in [0.15, 0.2) is 11.4 Å². The molecule has 0 aliphatic rings. The van der Waals surface area contributed by atoms with Gasteiger partial charge in [0.2, 0.25) is 0 Å². The van der Waals surface area contributed by atoms with E-state index in [2.05, 4.69) is 23.4 Å². The summed E-state index contributed by atoms with van der Waals surface area (Å²) in [5, 5.41) is 16.4. The minimum absolute atomic E-state index is 0.295. The van der Waals surface area contributed by atoms with E-state index in [0.717, 1.165) is 21.0 Å². The molecule has 0 saturated heterocycles. The first-order chi connectivity index (χ1) is 7.61. The van der Waals surface area contributed by atoms with Gasteiger partial charge in [-0.15, -0.1) is 16.4 Å². The molecule has 86 valence electrons. The highest BCUT2D eigenvalue weighted by Crippen LogP contribution is 2.34. The summed E-state index contributed by atoms with van der Waals surface area (Å²) >= 11 is 2.87. The molecule has 2 rings (SSSR count). The van der Waals surface area contributed by atoms with Crippen molar-refractivity contribution in [3.63, 3.8) is 0 Å². The van der Waals surface area contributed by atoms with E-state index in [9.17, 15) is 5.11 Å². The van der Waals surface area contributed by atoms with E-state index in [-0.39, 0.29) is 0 Å². The summed E-state index contributed by atoms with van der Waals surface area (Å²) < 4.78 is 3.94. The van der Waals surface area contributed by atoms with Crippen molar-refractivity contribution in [2.45, 2.75) is 32.8 Å². The average Bonchev–Trinajstić information content (AvgIpc) is 2.84. The molecule has 0 spiro atoms. The van der Waals surface area contributed by atoms with E-state index < -0.39 is 6.10 Å². The van der Waals surface area contributed by atoms with Crippen LogP contribution in [0.4, 0.5) is 0 Å². The number of aryl methyl sites for hydroxylation is 1. The van der Waals surface area contributed by atoms with Crippen molar-refractivity contribution in [2.75, 3.05) is 0 Å². The Bertz CT molecular complexity index is 476. The molecule has 0 bridgehead atoms. The predicted molar refractivity (Wildman–Crippen MR) is 67.1 cm³/mol. The molecule has 1 unspecified atom stereocenters. The lowest BCUT2D eigenvalue weighted by Gasteiger charge is -2.10. The van der Waals surface area contributed by atoms with Crippen molar-refractivity contribution in [1.29, 1.82) is 0 Å². The van der Waals surface area contributed by atoms with Crippen molar-refractivity contribution in [3.8, 4) is 0 Å². The van der Waals surface area contributed by atoms with Gasteiger partial charge < -0.3 is 5.11 Å². The van der Waals surface area contributed by atoms with E-state index in [0.29, 0.717) is 5.92 Å². The van der Waals surface area contributed by atoms with Crippen LogP contribution >= 0.6 is 22.9 Å². The highest BCUT2D eigenvalue weighted by Gasteiger charge is 2.22. The summed E-state index contributed by atoms with van der Waals surface area (Å²) in [6, 6.07) is 2.02. The lowest BCUT2D eigenvalue weighted by Crippen LogP contribution is -2.02. The standard InChI is InChI=1S/C11H14N2OS2/c1-6(2)8-11(16-13-12-8)9(14)10-7(3)4-5-15-10/h4-6,9,14H,1-3H3. The van der Waals surface area contributed by atoms with Gasteiger partial charge in [-0.05, 0) is 41.4 Å². The molecular formula is C11H14N2OS2. The second-order valence-corrected chi connectivity index (χ2v) is 5.78. The Kier molecular flexibility index (Phi) is 3.37. The van der Waals surface area contributed by atoms with Crippen LogP contribution in [-0.4, -0.2) is 14.7 Å². The molecule has 0 aliphatic heterocycles. The smallest absolute Gasteiger partial charge is 0.126 e. The lowest BCUT2D eigenvalue weighted by molar-refractivity contribution is 0.225. The number of aromatic nitrogens is 2. The predicted octanol–water partition coefficient (Wildman–Crippen LogP) is 3.11. The molecule has 2 aromatic heterocycles. The number of hydrogen-bond acceptors (Lipinski definition) is 5. The third-order valence-electron chi connectivity index (χ3n) is 2.49. The van der Waals surface area contributed by atoms with Crippen LogP contribution < -0.4 is 0 Å². The first kappa shape index (κ1) is 11.7. The van der Waals surface area contributed by atoms with Gasteiger partial charge in [-0.1, -0.05) is 18.3 Å². The zero-order valence-electron chi connectivity index (χ0n) is 9.47. The maximum atomic E-state index is 10.3. The van der Waals surface area contributed by atoms with Crippen LogP contribution in [0.3, 0.4) is 0 Å². The molecule has 0 aliphatic carbocycles. The van der Waals surface area contributed by atoms with Gasteiger partial charge in [0, 0.05) is 4.88 Å². The Balaban J connectivity index is 2.38. The fraction of sp³-hybridized carbons (Fsp3) is 0.455. The van der Waals surface area contributed by atoms with E-state index >= 15 is 0 Å². The molecule has 16 heavy (non-hydrogen) atoms. The Morgan fingerprint density at radius 1 is 1.31 bits per heavy atom. The molecule has 1 atom stereocenters. The van der Waals surface area contributed by atoms with Gasteiger partial charge in [0.1, 0.15) is 6.10 Å². The quantitative estimate of drug-likeness (QED) is 0.915. The van der Waals surface area contributed by atoms with Gasteiger partial charge in [-0.25, -0.2) is 0 Å². The largest absolute Gasteiger partial charge is 0.382 e. The summed E-state index contributed by atoms with van der Waals surface area (Å²) in [5.74, 6) is 0.295. The van der Waals surface area contributed by atoms with E-state index in [1.807, 2.05) is 18.4 Å². The SMILES string of the molecule is Cc1ccsc1C(O)c1snnc1C(C)C. The van der Waals surface area contributed by atoms with Crippen LogP contribution in [0.1, 0.15) is 46.9 Å². The van der Waals surface area contributed by atoms with Crippen LogP contribution in [0, 0.1) is 6.92 Å². The first-order valence-corrected chi connectivity index (χ1v) is 6.80. The lowest BCUT2D eigenvalue weighted by atomic mass is 10.1. The normalized spacial score (nSPS) is 13.3. The molecule has 0 amide bonds. The summed E-state index contributed by atoms with van der Waals surface area (Å²) in [4.78, 5) is 1.87. The number of thiophene rings is 1. The Hall–Kier alpha value is -0.780. The molecule has 0 saturated carbocycles. The molecular weight excluding hydrogens is 240 g/mol. The molecule has 0 radical (unpaired) electrons. The van der Waals surface area contributed by atoms with Crippen LogP contribution in [0.5, 0.6) is 0 Å². The fourth-order valence-corrected chi connectivity index (χ4v) is 3.38. The number of rotatable bonds is 3. The number of aliphatic hydroxyl groups excluding tert-OH is 1. The Morgan fingerprint density at radius 3 is 2.62 bits per heavy atom. The van der Waals surface area contributed by atoms with E-state index in [1.165, 1.54) is 11.5 Å². The van der Waals surface area contributed by atoms with E-state index in [4.69, 9.17) is 0 Å². The summed E-state index contributed by atoms with van der Waals surface area (Å²) in [6.07, 6.45) is -0.572. The second-order valence-electron chi connectivity index (χ2n) is 4.05. The van der Waals surface area contributed by atoms with Gasteiger partial charge >= 0.3 is 0 Å². The molecule has 2 aromatic rings. The Labute approximate surface area is 103 Å². The highest BCUT2D eigenvalue weighted by atomic mass is 32.1. The molecule has 0 fully saturated rings. The first-order valence-electron chi connectivity index (χ1n) is 5.15. The number of hydrogen-bond donors (Lipinski definition) is 1. The van der Waals surface area contributed by atoms with Crippen molar-refractivity contribution in [3.05, 3.63) is 32.5 Å². The maximum Gasteiger partial charge on any atom is 0.126 e. The summed E-state index contributed by atoms with van der Waals surface area (Å²) in [6.45, 7) is 6.14. The van der Waals surface area contributed by atoms with Gasteiger partial charge in [0.25, 0.3) is 0 Å². The van der Waals surface area contributed by atoms with Crippen molar-refractivity contribution >= 4 is 22.9 Å². The maximum absolute atomic E-state index is 10.3. The topological polar surface area (TPSA) is 46.0 Å². The van der Waals surface area contributed by atoms with Crippen molar-refractivity contribution in [1.82, 2.24) is 9.59 Å². The fourth-order valence-electron chi connectivity index (χ4n) is 1.58. The molecule has 2 heterocycles.